The number of hydrogen-bond acceptors (Lipinski definition) is 12. The van der Waals surface area contributed by atoms with E-state index in [2.05, 4.69) is 15.8 Å². The molecule has 0 spiro atoms. The van der Waals surface area contributed by atoms with Gasteiger partial charge in [0.2, 0.25) is 0 Å². The van der Waals surface area contributed by atoms with E-state index < -0.39 is 53.0 Å². The number of benzene rings is 2. The first kappa shape index (κ1) is 37.1. The molecule has 1 saturated heterocycles. The second-order valence-corrected chi connectivity index (χ2v) is 14.7. The molecule has 1 fully saturated rings. The molecule has 0 radical (unpaired) electrons. The van der Waals surface area contributed by atoms with Crippen molar-refractivity contribution in [3.8, 4) is 0 Å². The molecule has 15 heteroatoms. The summed E-state index contributed by atoms with van der Waals surface area (Å²) in [5.74, 6) is -2.30. The summed E-state index contributed by atoms with van der Waals surface area (Å²) in [5, 5.41) is 8.68. The molecule has 2 aliphatic heterocycles. The smallest absolute Gasteiger partial charge is 0.407 e. The number of hydrogen-bond donors (Lipinski definition) is 2. The first-order valence-corrected chi connectivity index (χ1v) is 17.8. The molecule has 0 bridgehead atoms. The van der Waals surface area contributed by atoms with Crippen molar-refractivity contribution in [3.05, 3.63) is 105 Å². The largest absolute Gasteiger partial charge is 0.461 e. The van der Waals surface area contributed by atoms with Crippen LogP contribution in [-0.4, -0.2) is 76.9 Å². The van der Waals surface area contributed by atoms with Gasteiger partial charge >= 0.3 is 18.0 Å². The van der Waals surface area contributed by atoms with Gasteiger partial charge in [0.15, 0.2) is 11.8 Å². The normalized spacial score (nSPS) is 17.3. The molecule has 51 heavy (non-hydrogen) atoms. The summed E-state index contributed by atoms with van der Waals surface area (Å²) in [7, 11) is 1.30. The van der Waals surface area contributed by atoms with E-state index in [1.807, 2.05) is 60.7 Å². The molecule has 0 unspecified atom stereocenters. The maximum absolute atomic E-state index is 14.0. The van der Waals surface area contributed by atoms with Crippen LogP contribution in [0.4, 0.5) is 4.79 Å². The minimum absolute atomic E-state index is 0.0291. The number of carbonyl (C=O) groups is 5. The number of thioether (sulfide) groups is 1. The van der Waals surface area contributed by atoms with E-state index in [1.54, 1.807) is 32.9 Å². The van der Waals surface area contributed by atoms with Gasteiger partial charge < -0.3 is 29.7 Å². The number of carbonyl (C=O) groups excluding carboxylic acids is 5. The zero-order chi connectivity index (χ0) is 36.7. The molecule has 0 saturated carbocycles. The Hall–Kier alpha value is -5.15. The van der Waals surface area contributed by atoms with Gasteiger partial charge in [-0.15, -0.1) is 23.1 Å². The number of alkyl carbamates (subject to hydrolysis) is 1. The predicted octanol–water partition coefficient (Wildman–Crippen LogP) is 4.67. The van der Waals surface area contributed by atoms with E-state index in [9.17, 15) is 24.0 Å². The number of β-lactam (4-membered cyclic amide) rings is 1. The molecule has 2 aromatic carbocycles. The van der Waals surface area contributed by atoms with Gasteiger partial charge in [-0.05, 0) is 44.0 Å². The fraction of sp³-hybridized carbons (Fsp3) is 0.333. The number of esters is 2. The first-order valence-electron chi connectivity index (χ1n) is 15.9. The summed E-state index contributed by atoms with van der Waals surface area (Å²) in [5.41, 5.74) is 1.10. The van der Waals surface area contributed by atoms with Crippen molar-refractivity contribution in [2.45, 2.75) is 57.4 Å². The predicted molar refractivity (Wildman–Crippen MR) is 190 cm³/mol. The van der Waals surface area contributed by atoms with Crippen molar-refractivity contribution in [2.75, 3.05) is 19.5 Å². The van der Waals surface area contributed by atoms with Crippen LogP contribution < -0.4 is 10.6 Å². The van der Waals surface area contributed by atoms with Gasteiger partial charge in [-0.2, -0.15) is 0 Å². The Bertz CT molecular complexity index is 1800. The van der Waals surface area contributed by atoms with Crippen LogP contribution in [0, 0.1) is 0 Å². The van der Waals surface area contributed by atoms with Gasteiger partial charge in [0.1, 0.15) is 36.4 Å². The highest BCUT2D eigenvalue weighted by Crippen LogP contribution is 2.42. The highest BCUT2D eigenvalue weighted by atomic mass is 32.2. The molecule has 2 aliphatic rings. The van der Waals surface area contributed by atoms with Gasteiger partial charge in [-0.1, -0.05) is 65.8 Å². The Labute approximate surface area is 303 Å². The summed E-state index contributed by atoms with van der Waals surface area (Å²) in [4.78, 5) is 72.6. The zero-order valence-electron chi connectivity index (χ0n) is 28.7. The fourth-order valence-corrected chi connectivity index (χ4v) is 7.54. The molecule has 2 atom stereocenters. The molecular formula is C36H38N4O9S2. The number of rotatable bonds is 12. The first-order chi connectivity index (χ1) is 24.4. The summed E-state index contributed by atoms with van der Waals surface area (Å²) < 4.78 is 16.6. The van der Waals surface area contributed by atoms with Crippen molar-refractivity contribution in [1.82, 2.24) is 15.5 Å². The fourth-order valence-electron chi connectivity index (χ4n) is 5.29. The molecule has 3 heterocycles. The molecule has 268 valence electrons. The molecule has 13 nitrogen and oxygen atoms in total. The molecule has 3 amide bonds. The molecule has 1 aromatic heterocycles. The lowest BCUT2D eigenvalue weighted by Crippen LogP contribution is -2.71. The second-order valence-electron chi connectivity index (χ2n) is 12.4. The number of ether oxygens (including phenoxy) is 3. The lowest BCUT2D eigenvalue weighted by atomic mass is 10.0. The number of fused-ring (bicyclic) bond motifs is 1. The van der Waals surface area contributed by atoms with E-state index in [0.717, 1.165) is 16.0 Å². The van der Waals surface area contributed by atoms with Crippen LogP contribution in [0.25, 0.3) is 0 Å². The molecule has 5 rings (SSSR count). The minimum atomic E-state index is -1.00. The van der Waals surface area contributed by atoms with Crippen LogP contribution in [-0.2, 0) is 44.8 Å². The number of amides is 3. The van der Waals surface area contributed by atoms with Crippen LogP contribution in [0.15, 0.2) is 89.2 Å². The van der Waals surface area contributed by atoms with E-state index in [1.165, 1.54) is 42.0 Å². The van der Waals surface area contributed by atoms with Crippen LogP contribution in [0.3, 0.4) is 0 Å². The van der Waals surface area contributed by atoms with Gasteiger partial charge in [0.05, 0.1) is 11.4 Å². The maximum Gasteiger partial charge on any atom is 0.407 e. The van der Waals surface area contributed by atoms with Gasteiger partial charge in [0.25, 0.3) is 11.8 Å². The zero-order valence-corrected chi connectivity index (χ0v) is 30.3. The third kappa shape index (κ3) is 9.15. The van der Waals surface area contributed by atoms with Crippen molar-refractivity contribution in [2.24, 2.45) is 5.16 Å². The summed E-state index contributed by atoms with van der Waals surface area (Å²) in [6.45, 7) is 6.49. The monoisotopic (exact) mass is 734 g/mol. The lowest BCUT2D eigenvalue weighted by Gasteiger charge is -2.49. The summed E-state index contributed by atoms with van der Waals surface area (Å²) in [6, 6.07) is 20.8. The summed E-state index contributed by atoms with van der Waals surface area (Å²) >= 11 is 2.52. The standard InChI is InChI=1S/C36H38N4O9S2/c1-21(41)47-19-24-20-50-33-28(38-31(42)27(39-46-5)26-17-16-25(51-26)18-37-35(45)49-36(2,3)4)32(43)40(33)29(24)34(44)48-30(22-12-8-6-9-13-22)23-14-10-7-11-15-23/h6-17,28,30,33H,18-20H2,1-5H3,(H,37,45)(H,38,42)/t28-,33+/m1/s1. The Kier molecular flexibility index (Phi) is 11.8. The molecule has 3 aromatic rings. The Morgan fingerprint density at radius 2 is 1.63 bits per heavy atom. The Morgan fingerprint density at radius 1 is 0.980 bits per heavy atom. The van der Waals surface area contributed by atoms with Crippen molar-refractivity contribution >= 4 is 58.7 Å². The van der Waals surface area contributed by atoms with Crippen LogP contribution >= 0.6 is 23.1 Å². The third-order valence-electron chi connectivity index (χ3n) is 7.50. The highest BCUT2D eigenvalue weighted by Gasteiger charge is 2.55. The average molecular weight is 735 g/mol. The van der Waals surface area contributed by atoms with E-state index in [0.29, 0.717) is 10.5 Å². The number of nitrogens with zero attached hydrogens (tertiary/aromatic N) is 2. The Balaban J connectivity index is 1.33. The quantitative estimate of drug-likeness (QED) is 0.0880. The molecule has 0 aliphatic carbocycles. The van der Waals surface area contributed by atoms with Crippen LogP contribution in [0.5, 0.6) is 0 Å². The van der Waals surface area contributed by atoms with Crippen molar-refractivity contribution in [3.63, 3.8) is 0 Å². The third-order valence-corrected chi connectivity index (χ3v) is 9.94. The molecule has 2 N–H and O–H groups in total. The minimum Gasteiger partial charge on any atom is -0.461 e. The van der Waals surface area contributed by atoms with Crippen molar-refractivity contribution in [1.29, 1.82) is 0 Å². The number of oxime groups is 1. The van der Waals surface area contributed by atoms with Crippen LogP contribution in [0.2, 0.25) is 0 Å². The summed E-state index contributed by atoms with van der Waals surface area (Å²) in [6.07, 6.45) is -1.37. The molecular weight excluding hydrogens is 697 g/mol. The maximum atomic E-state index is 14.0. The second kappa shape index (κ2) is 16.2. The van der Waals surface area contributed by atoms with Gasteiger partial charge in [0, 0.05) is 23.1 Å². The highest BCUT2D eigenvalue weighted by molar-refractivity contribution is 8.00. The van der Waals surface area contributed by atoms with E-state index in [-0.39, 0.29) is 30.3 Å². The van der Waals surface area contributed by atoms with Crippen molar-refractivity contribution < 1.29 is 43.0 Å². The van der Waals surface area contributed by atoms with E-state index >= 15 is 0 Å². The van der Waals surface area contributed by atoms with Gasteiger partial charge in [-0.3, -0.25) is 19.3 Å². The SMILES string of the molecule is CON=C(C(=O)N[C@@H]1C(=O)N2C(C(=O)OC(c3ccccc3)c3ccccc3)=C(COC(C)=O)CS[C@@H]12)c1ccc(CNC(=O)OC(C)(C)C)s1. The number of thiophene rings is 1. The Morgan fingerprint density at radius 3 is 2.22 bits per heavy atom. The van der Waals surface area contributed by atoms with Gasteiger partial charge in [-0.25, -0.2) is 9.59 Å². The lowest BCUT2D eigenvalue weighted by molar-refractivity contribution is -0.154. The van der Waals surface area contributed by atoms with Crippen LogP contribution in [0.1, 0.15) is 54.7 Å². The average Bonchev–Trinajstić information content (AvgIpc) is 3.58. The van der Waals surface area contributed by atoms with E-state index in [4.69, 9.17) is 19.0 Å². The topological polar surface area (TPSA) is 162 Å². The number of nitrogens with one attached hydrogen (secondary N) is 2.